The molecule has 0 aromatic carbocycles. The van der Waals surface area contributed by atoms with Crippen LogP contribution in [0.4, 0.5) is 4.79 Å². The molecule has 1 amide bonds. The number of carbonyl (C=O) groups is 2. The minimum Gasteiger partial charge on any atom is -0.464 e. The van der Waals surface area contributed by atoms with E-state index in [0.717, 1.165) is 19.3 Å². The quantitative estimate of drug-likeness (QED) is 0.265. The number of carbonyl (C=O) groups excluding carboxylic acids is 2. The average molecular weight is 388 g/mol. The molecule has 0 saturated carbocycles. The monoisotopic (exact) mass is 387 g/mol. The van der Waals surface area contributed by atoms with Crippen molar-refractivity contribution >= 4 is 12.1 Å². The molecule has 160 valence electrons. The second-order valence-electron chi connectivity index (χ2n) is 6.96. The van der Waals surface area contributed by atoms with Gasteiger partial charge in [0.2, 0.25) is 0 Å². The van der Waals surface area contributed by atoms with Crippen molar-refractivity contribution in [1.82, 2.24) is 5.32 Å². The lowest BCUT2D eigenvalue weighted by atomic mass is 10.1. The third-order valence-corrected chi connectivity index (χ3v) is 4.42. The van der Waals surface area contributed by atoms with E-state index in [-0.39, 0.29) is 12.6 Å². The smallest absolute Gasteiger partial charge is 0.407 e. The van der Waals surface area contributed by atoms with E-state index >= 15 is 0 Å². The lowest BCUT2D eigenvalue weighted by Gasteiger charge is -2.17. The van der Waals surface area contributed by atoms with Crippen LogP contribution in [0.5, 0.6) is 0 Å². The van der Waals surface area contributed by atoms with Gasteiger partial charge >= 0.3 is 12.1 Å². The van der Waals surface area contributed by atoms with Crippen molar-refractivity contribution in [2.75, 3.05) is 26.9 Å². The summed E-state index contributed by atoms with van der Waals surface area (Å²) in [5.74, 6) is -0.378. The molecule has 0 aromatic rings. The molecule has 1 unspecified atom stereocenters. The zero-order valence-corrected chi connectivity index (χ0v) is 17.7. The highest BCUT2D eigenvalue weighted by Crippen LogP contribution is 2.10. The molecule has 27 heavy (non-hydrogen) atoms. The molecule has 0 aromatic heterocycles. The summed E-state index contributed by atoms with van der Waals surface area (Å²) < 4.78 is 15.1. The molecular formula is C21H41NO5. The van der Waals surface area contributed by atoms with Crippen molar-refractivity contribution in [2.24, 2.45) is 0 Å². The van der Waals surface area contributed by atoms with Gasteiger partial charge in [0.05, 0.1) is 13.2 Å². The van der Waals surface area contributed by atoms with Gasteiger partial charge in [0, 0.05) is 7.11 Å². The topological polar surface area (TPSA) is 73.9 Å². The van der Waals surface area contributed by atoms with Gasteiger partial charge in [-0.3, -0.25) is 0 Å². The Balaban J connectivity index is 3.74. The minimum absolute atomic E-state index is 0.162. The molecule has 0 bridgehead atoms. The fraction of sp³-hybridized carbons (Fsp3) is 0.905. The Morgan fingerprint density at radius 2 is 1.33 bits per heavy atom. The first kappa shape index (κ1) is 25.7. The van der Waals surface area contributed by atoms with Gasteiger partial charge in [-0.15, -0.1) is 0 Å². The van der Waals surface area contributed by atoms with E-state index in [0.29, 0.717) is 19.6 Å². The number of hydrogen-bond acceptors (Lipinski definition) is 5. The second-order valence-corrected chi connectivity index (χ2v) is 6.96. The SMILES string of the molecule is CCCCCCCCCCCCOC(=O)C(CCC)NC(=O)OCCOC. The molecule has 0 radical (unpaired) electrons. The highest BCUT2D eigenvalue weighted by molar-refractivity contribution is 5.81. The number of esters is 1. The molecule has 6 nitrogen and oxygen atoms in total. The van der Waals surface area contributed by atoms with Crippen LogP contribution in [-0.4, -0.2) is 45.0 Å². The Hall–Kier alpha value is -1.30. The Morgan fingerprint density at radius 1 is 0.741 bits per heavy atom. The molecule has 0 saturated heterocycles. The van der Waals surface area contributed by atoms with Crippen molar-refractivity contribution < 1.29 is 23.8 Å². The third kappa shape index (κ3) is 16.6. The lowest BCUT2D eigenvalue weighted by Crippen LogP contribution is -2.42. The van der Waals surface area contributed by atoms with Gasteiger partial charge in [-0.2, -0.15) is 0 Å². The van der Waals surface area contributed by atoms with Crippen molar-refractivity contribution in [3.63, 3.8) is 0 Å². The molecule has 0 fully saturated rings. The Morgan fingerprint density at radius 3 is 1.89 bits per heavy atom. The molecule has 0 heterocycles. The highest BCUT2D eigenvalue weighted by atomic mass is 16.6. The molecule has 0 rings (SSSR count). The van der Waals surface area contributed by atoms with Crippen LogP contribution in [0.25, 0.3) is 0 Å². The maximum Gasteiger partial charge on any atom is 0.407 e. The average Bonchev–Trinajstić information content (AvgIpc) is 2.65. The Labute approximate surface area is 165 Å². The first-order valence-corrected chi connectivity index (χ1v) is 10.7. The van der Waals surface area contributed by atoms with Gasteiger partial charge in [0.25, 0.3) is 0 Å². The zero-order valence-electron chi connectivity index (χ0n) is 17.7. The first-order valence-electron chi connectivity index (χ1n) is 10.7. The minimum atomic E-state index is -0.645. The number of alkyl carbamates (subject to hydrolysis) is 1. The predicted octanol–water partition coefficient (Wildman–Crippen LogP) is 4.99. The molecule has 6 heteroatoms. The fourth-order valence-electron chi connectivity index (χ4n) is 2.80. The van der Waals surface area contributed by atoms with E-state index in [4.69, 9.17) is 14.2 Å². The normalized spacial score (nSPS) is 11.8. The van der Waals surface area contributed by atoms with Crippen LogP contribution in [0, 0.1) is 0 Å². The van der Waals surface area contributed by atoms with Crippen LogP contribution in [-0.2, 0) is 19.0 Å². The number of methoxy groups -OCH3 is 1. The molecule has 1 N–H and O–H groups in total. The van der Waals surface area contributed by atoms with Gasteiger partial charge in [-0.1, -0.05) is 78.1 Å². The van der Waals surface area contributed by atoms with Crippen LogP contribution in [0.3, 0.4) is 0 Å². The summed E-state index contributed by atoms with van der Waals surface area (Å²) in [5.41, 5.74) is 0. The molecule has 1 atom stereocenters. The highest BCUT2D eigenvalue weighted by Gasteiger charge is 2.21. The van der Waals surface area contributed by atoms with Crippen molar-refractivity contribution in [3.05, 3.63) is 0 Å². The predicted molar refractivity (Wildman–Crippen MR) is 108 cm³/mol. The summed E-state index contributed by atoms with van der Waals surface area (Å²) in [6, 6.07) is -0.645. The molecule has 0 aliphatic rings. The van der Waals surface area contributed by atoms with E-state index in [2.05, 4.69) is 12.2 Å². The maximum atomic E-state index is 12.1. The molecular weight excluding hydrogens is 346 g/mol. The summed E-state index contributed by atoms with van der Waals surface area (Å²) in [5, 5.41) is 2.58. The van der Waals surface area contributed by atoms with Crippen LogP contribution >= 0.6 is 0 Å². The number of unbranched alkanes of at least 4 members (excludes halogenated alkanes) is 9. The van der Waals surface area contributed by atoms with Crippen LogP contribution in [0.15, 0.2) is 0 Å². The fourth-order valence-corrected chi connectivity index (χ4v) is 2.80. The van der Waals surface area contributed by atoms with Gasteiger partial charge in [-0.25, -0.2) is 9.59 Å². The standard InChI is InChI=1S/C21H41NO5/c1-4-6-7-8-9-10-11-12-13-14-16-26-20(23)19(15-5-2)22-21(24)27-18-17-25-3/h19H,4-18H2,1-3H3,(H,22,24). The molecule has 0 spiro atoms. The maximum absolute atomic E-state index is 12.1. The second kappa shape index (κ2) is 19.5. The zero-order chi connectivity index (χ0) is 20.2. The van der Waals surface area contributed by atoms with Crippen LogP contribution in [0.1, 0.15) is 90.9 Å². The Kier molecular flexibility index (Phi) is 18.5. The van der Waals surface area contributed by atoms with E-state index in [1.807, 2.05) is 6.92 Å². The number of nitrogens with one attached hydrogen (secondary N) is 1. The van der Waals surface area contributed by atoms with Crippen LogP contribution < -0.4 is 5.32 Å². The summed E-state index contributed by atoms with van der Waals surface area (Å²) >= 11 is 0. The van der Waals surface area contributed by atoms with Gasteiger partial charge in [0.15, 0.2) is 0 Å². The number of amides is 1. The largest absolute Gasteiger partial charge is 0.464 e. The van der Waals surface area contributed by atoms with Crippen molar-refractivity contribution in [1.29, 1.82) is 0 Å². The van der Waals surface area contributed by atoms with Crippen molar-refractivity contribution in [2.45, 2.75) is 96.9 Å². The number of hydrogen-bond donors (Lipinski definition) is 1. The van der Waals surface area contributed by atoms with Crippen LogP contribution in [0.2, 0.25) is 0 Å². The number of ether oxygens (including phenoxy) is 3. The lowest BCUT2D eigenvalue weighted by molar-refractivity contribution is -0.146. The van der Waals surface area contributed by atoms with E-state index < -0.39 is 12.1 Å². The van der Waals surface area contributed by atoms with Crippen molar-refractivity contribution in [3.8, 4) is 0 Å². The van der Waals surface area contributed by atoms with E-state index in [1.54, 1.807) is 0 Å². The molecule has 0 aliphatic heterocycles. The Bertz CT molecular complexity index is 362. The van der Waals surface area contributed by atoms with E-state index in [1.165, 1.54) is 58.5 Å². The third-order valence-electron chi connectivity index (χ3n) is 4.42. The van der Waals surface area contributed by atoms with Gasteiger partial charge in [0.1, 0.15) is 12.6 Å². The number of rotatable bonds is 18. The van der Waals surface area contributed by atoms with E-state index in [9.17, 15) is 9.59 Å². The summed E-state index contributed by atoms with van der Waals surface area (Å²) in [6.07, 6.45) is 13.1. The summed E-state index contributed by atoms with van der Waals surface area (Å²) in [7, 11) is 1.53. The van der Waals surface area contributed by atoms with Gasteiger partial charge in [-0.05, 0) is 12.8 Å². The molecule has 0 aliphatic carbocycles. The summed E-state index contributed by atoms with van der Waals surface area (Å²) in [4.78, 5) is 23.8. The first-order chi connectivity index (χ1) is 13.2. The summed E-state index contributed by atoms with van der Waals surface area (Å²) in [6.45, 7) is 5.10. The van der Waals surface area contributed by atoms with Gasteiger partial charge < -0.3 is 19.5 Å².